The Labute approximate surface area is 176 Å². The predicted molar refractivity (Wildman–Crippen MR) is 119 cm³/mol. The summed E-state index contributed by atoms with van der Waals surface area (Å²) in [6.45, 7) is 4.66. The Bertz CT molecular complexity index is 1030. The third-order valence-electron chi connectivity index (χ3n) is 5.70. The second-order valence-electron chi connectivity index (χ2n) is 7.72. The molecule has 3 aromatic rings. The molecule has 1 aliphatic carbocycles. The van der Waals surface area contributed by atoms with Crippen molar-refractivity contribution < 1.29 is 4.79 Å². The normalized spacial score (nSPS) is 12.8. The molecule has 4 rings (SSSR count). The van der Waals surface area contributed by atoms with Crippen LogP contribution in [0.15, 0.2) is 53.4 Å². The minimum absolute atomic E-state index is 0.141. The Hall–Kier alpha value is -2.53. The molecule has 2 aromatic carbocycles. The van der Waals surface area contributed by atoms with Crippen molar-refractivity contribution in [3.8, 4) is 5.69 Å². The van der Waals surface area contributed by atoms with Gasteiger partial charge in [0, 0.05) is 29.7 Å². The summed E-state index contributed by atoms with van der Waals surface area (Å²) >= 11 is 1.63. The number of hydrogen-bond acceptors (Lipinski definition) is 3. The van der Waals surface area contributed by atoms with Gasteiger partial charge in [-0.3, -0.25) is 4.79 Å². The summed E-state index contributed by atoms with van der Waals surface area (Å²) in [5.74, 6) is 0.599. The Balaban J connectivity index is 1.41. The van der Waals surface area contributed by atoms with Crippen LogP contribution in [0.25, 0.3) is 5.69 Å². The van der Waals surface area contributed by atoms with Crippen molar-refractivity contribution in [1.29, 1.82) is 0 Å². The summed E-state index contributed by atoms with van der Waals surface area (Å²) < 4.78 is 1.96. The average Bonchev–Trinajstić information content (AvgIpc) is 3.31. The van der Waals surface area contributed by atoms with E-state index in [1.54, 1.807) is 11.8 Å². The molecule has 0 N–H and O–H groups in total. The van der Waals surface area contributed by atoms with E-state index in [4.69, 9.17) is 5.10 Å². The number of amides is 1. The van der Waals surface area contributed by atoms with E-state index in [9.17, 15) is 4.79 Å². The van der Waals surface area contributed by atoms with Crippen LogP contribution < -0.4 is 0 Å². The molecule has 0 saturated heterocycles. The number of carbonyl (C=O) groups excluding carboxylic acids is 1. The van der Waals surface area contributed by atoms with Gasteiger partial charge in [0.25, 0.3) is 0 Å². The van der Waals surface area contributed by atoms with E-state index in [0.29, 0.717) is 12.3 Å². The fourth-order valence-electron chi connectivity index (χ4n) is 3.94. The van der Waals surface area contributed by atoms with Crippen LogP contribution in [-0.2, 0) is 24.2 Å². The Morgan fingerprint density at radius 3 is 2.66 bits per heavy atom. The Morgan fingerprint density at radius 1 is 1.10 bits per heavy atom. The van der Waals surface area contributed by atoms with Gasteiger partial charge in [0.2, 0.25) is 5.91 Å². The van der Waals surface area contributed by atoms with Crippen LogP contribution in [0.5, 0.6) is 0 Å². The van der Waals surface area contributed by atoms with E-state index in [2.05, 4.69) is 25.1 Å². The second-order valence-corrected chi connectivity index (χ2v) is 8.77. The maximum atomic E-state index is 12.7. The Morgan fingerprint density at radius 2 is 1.86 bits per heavy atom. The maximum Gasteiger partial charge on any atom is 0.232 e. The van der Waals surface area contributed by atoms with Crippen LogP contribution >= 0.6 is 11.8 Å². The summed E-state index contributed by atoms with van der Waals surface area (Å²) in [5.41, 5.74) is 7.14. The van der Waals surface area contributed by atoms with Crippen LogP contribution in [0.4, 0.5) is 0 Å². The molecule has 0 aliphatic heterocycles. The molecule has 5 heteroatoms. The van der Waals surface area contributed by atoms with Crippen molar-refractivity contribution >= 4 is 17.7 Å². The van der Waals surface area contributed by atoms with Crippen molar-refractivity contribution in [2.75, 3.05) is 12.8 Å². The average molecular weight is 406 g/mol. The molecule has 4 nitrogen and oxygen atoms in total. The fraction of sp³-hybridized carbons (Fsp3) is 0.333. The lowest BCUT2D eigenvalue weighted by Crippen LogP contribution is -2.28. The van der Waals surface area contributed by atoms with Crippen LogP contribution in [0.3, 0.4) is 0 Å². The first kappa shape index (κ1) is 19.8. The molecule has 0 radical (unpaired) electrons. The fourth-order valence-corrected chi connectivity index (χ4v) is 4.84. The smallest absolute Gasteiger partial charge is 0.232 e. The first-order valence-electron chi connectivity index (χ1n) is 10.1. The van der Waals surface area contributed by atoms with Crippen molar-refractivity contribution in [3.05, 3.63) is 76.6 Å². The lowest BCUT2D eigenvalue weighted by Gasteiger charge is -2.17. The highest BCUT2D eigenvalue weighted by atomic mass is 32.2. The van der Waals surface area contributed by atoms with E-state index in [1.807, 2.05) is 53.9 Å². The largest absolute Gasteiger partial charge is 0.341 e. The number of aryl methyl sites for hydroxylation is 3. The summed E-state index contributed by atoms with van der Waals surface area (Å²) in [5, 5.41) is 4.69. The van der Waals surface area contributed by atoms with Gasteiger partial charge in [0.1, 0.15) is 0 Å². The molecule has 150 valence electrons. The van der Waals surface area contributed by atoms with Crippen LogP contribution in [0.2, 0.25) is 0 Å². The van der Waals surface area contributed by atoms with Crippen molar-refractivity contribution in [2.24, 2.45) is 0 Å². The number of benzene rings is 2. The predicted octanol–water partition coefficient (Wildman–Crippen LogP) is 4.73. The van der Waals surface area contributed by atoms with Gasteiger partial charge in [0.15, 0.2) is 0 Å². The molecule has 1 aliphatic rings. The molecule has 1 amide bonds. The number of carbonyl (C=O) groups is 1. The number of para-hydroxylation sites is 1. The molecule has 0 fully saturated rings. The molecule has 1 aromatic heterocycles. The number of aromatic nitrogens is 2. The van der Waals surface area contributed by atoms with E-state index in [-0.39, 0.29) is 5.91 Å². The van der Waals surface area contributed by atoms with Crippen LogP contribution in [-0.4, -0.2) is 33.4 Å². The molecule has 1 heterocycles. The lowest BCUT2D eigenvalue weighted by molar-refractivity contribution is -0.127. The maximum absolute atomic E-state index is 12.7. The van der Waals surface area contributed by atoms with Gasteiger partial charge in [0.05, 0.1) is 17.1 Å². The van der Waals surface area contributed by atoms with Crippen LogP contribution in [0, 0.1) is 13.8 Å². The molecule has 0 spiro atoms. The van der Waals surface area contributed by atoms with Crippen molar-refractivity contribution in [2.45, 2.75) is 44.6 Å². The minimum Gasteiger partial charge on any atom is -0.341 e. The molecular formula is C24H27N3OS. The van der Waals surface area contributed by atoms with Gasteiger partial charge in [-0.25, -0.2) is 4.68 Å². The second kappa shape index (κ2) is 8.46. The van der Waals surface area contributed by atoms with Gasteiger partial charge >= 0.3 is 0 Å². The minimum atomic E-state index is 0.141. The molecular weight excluding hydrogens is 378 g/mol. The van der Waals surface area contributed by atoms with E-state index in [1.165, 1.54) is 35.3 Å². The highest BCUT2D eigenvalue weighted by molar-refractivity contribution is 8.00. The van der Waals surface area contributed by atoms with Gasteiger partial charge < -0.3 is 4.90 Å². The summed E-state index contributed by atoms with van der Waals surface area (Å²) in [7, 11) is 1.88. The SMILES string of the molecule is Cc1nn(-c2ccccc2)c(C)c1CN(C)C(=O)CSc1ccc2c(c1)CCC2. The zero-order chi connectivity index (χ0) is 20.4. The number of rotatable bonds is 6. The monoisotopic (exact) mass is 405 g/mol. The molecule has 0 unspecified atom stereocenters. The van der Waals surface area contributed by atoms with Gasteiger partial charge in [-0.15, -0.1) is 11.8 Å². The molecule has 29 heavy (non-hydrogen) atoms. The van der Waals surface area contributed by atoms with E-state index < -0.39 is 0 Å². The zero-order valence-corrected chi connectivity index (χ0v) is 18.1. The first-order chi connectivity index (χ1) is 14.0. The third kappa shape index (κ3) is 4.25. The van der Waals surface area contributed by atoms with Crippen molar-refractivity contribution in [1.82, 2.24) is 14.7 Å². The Kier molecular flexibility index (Phi) is 5.76. The van der Waals surface area contributed by atoms with Gasteiger partial charge in [-0.05, 0) is 68.5 Å². The summed E-state index contributed by atoms with van der Waals surface area (Å²) in [4.78, 5) is 15.7. The highest BCUT2D eigenvalue weighted by Crippen LogP contribution is 2.28. The quantitative estimate of drug-likeness (QED) is 0.557. The van der Waals surface area contributed by atoms with Gasteiger partial charge in [-0.1, -0.05) is 24.3 Å². The van der Waals surface area contributed by atoms with Crippen LogP contribution in [0.1, 0.15) is 34.5 Å². The molecule has 0 atom stereocenters. The molecule has 0 saturated carbocycles. The van der Waals surface area contributed by atoms with E-state index in [0.717, 1.165) is 22.6 Å². The lowest BCUT2D eigenvalue weighted by atomic mass is 10.1. The summed E-state index contributed by atoms with van der Waals surface area (Å²) in [6, 6.07) is 16.8. The topological polar surface area (TPSA) is 38.1 Å². The van der Waals surface area contributed by atoms with Gasteiger partial charge in [-0.2, -0.15) is 5.10 Å². The summed E-state index contributed by atoms with van der Waals surface area (Å²) in [6.07, 6.45) is 3.61. The zero-order valence-electron chi connectivity index (χ0n) is 17.3. The first-order valence-corrected chi connectivity index (χ1v) is 11.1. The third-order valence-corrected chi connectivity index (χ3v) is 6.67. The van der Waals surface area contributed by atoms with E-state index >= 15 is 0 Å². The number of fused-ring (bicyclic) bond motifs is 1. The number of nitrogens with zero attached hydrogens (tertiary/aromatic N) is 3. The highest BCUT2D eigenvalue weighted by Gasteiger charge is 2.18. The standard InChI is InChI=1S/C24H27N3OS/c1-17-23(18(2)27(25-17)21-10-5-4-6-11-21)15-26(3)24(28)16-29-22-13-12-19-8-7-9-20(19)14-22/h4-6,10-14H,7-9,15-16H2,1-3H3. The number of thioether (sulfide) groups is 1. The number of hydrogen-bond donors (Lipinski definition) is 0. The molecule has 0 bridgehead atoms. The van der Waals surface area contributed by atoms with Crippen molar-refractivity contribution in [3.63, 3.8) is 0 Å².